The summed E-state index contributed by atoms with van der Waals surface area (Å²) in [4.78, 5) is 28.5. The van der Waals surface area contributed by atoms with Crippen LogP contribution in [0.4, 0.5) is 0 Å². The van der Waals surface area contributed by atoms with Gasteiger partial charge in [-0.05, 0) is 24.8 Å². The molecule has 2 atom stereocenters. The van der Waals surface area contributed by atoms with Gasteiger partial charge in [-0.2, -0.15) is 0 Å². The molecule has 100 valence electrons. The molecule has 2 unspecified atom stereocenters. The van der Waals surface area contributed by atoms with E-state index >= 15 is 0 Å². The molecule has 2 amide bonds. The zero-order chi connectivity index (χ0) is 13.4. The lowest BCUT2D eigenvalue weighted by molar-refractivity contribution is -0.162. The number of piperidine rings is 1. The summed E-state index contributed by atoms with van der Waals surface area (Å²) < 4.78 is 0. The molecular weight excluding hydrogens is 240 g/mol. The third-order valence-electron chi connectivity index (χ3n) is 4.16. The second-order valence-corrected chi connectivity index (χ2v) is 5.31. The van der Waals surface area contributed by atoms with Crippen LogP contribution in [-0.2, 0) is 9.59 Å². The van der Waals surface area contributed by atoms with Gasteiger partial charge in [-0.1, -0.05) is 30.3 Å². The van der Waals surface area contributed by atoms with Gasteiger partial charge in [0, 0.05) is 13.6 Å². The van der Waals surface area contributed by atoms with Crippen molar-refractivity contribution in [2.75, 3.05) is 13.6 Å². The molecule has 19 heavy (non-hydrogen) atoms. The molecule has 0 N–H and O–H groups in total. The fraction of sp³-hybridized carbons (Fsp3) is 0.467. The highest BCUT2D eigenvalue weighted by molar-refractivity contribution is 5.97. The molecule has 4 heteroatoms. The lowest BCUT2D eigenvalue weighted by Gasteiger charge is -2.45. The number of hydrogen-bond acceptors (Lipinski definition) is 2. The van der Waals surface area contributed by atoms with Crippen LogP contribution in [0.25, 0.3) is 0 Å². The highest BCUT2D eigenvalue weighted by atomic mass is 16.2. The van der Waals surface area contributed by atoms with E-state index in [2.05, 4.69) is 0 Å². The molecule has 2 aliphatic rings. The Hall–Kier alpha value is -1.84. The first-order chi connectivity index (χ1) is 9.20. The van der Waals surface area contributed by atoms with Crippen LogP contribution < -0.4 is 0 Å². The number of fused-ring (bicyclic) bond motifs is 1. The third kappa shape index (κ3) is 1.91. The van der Waals surface area contributed by atoms with E-state index in [0.717, 1.165) is 24.8 Å². The first kappa shape index (κ1) is 12.2. The van der Waals surface area contributed by atoms with Gasteiger partial charge in [0.1, 0.15) is 12.1 Å². The largest absolute Gasteiger partial charge is 0.329 e. The number of carbonyl (C=O) groups excluding carboxylic acids is 2. The van der Waals surface area contributed by atoms with Gasteiger partial charge < -0.3 is 9.80 Å². The van der Waals surface area contributed by atoms with Gasteiger partial charge in [-0.3, -0.25) is 9.59 Å². The molecule has 2 aliphatic heterocycles. The Morgan fingerprint density at radius 3 is 2.53 bits per heavy atom. The topological polar surface area (TPSA) is 40.6 Å². The van der Waals surface area contributed by atoms with Crippen LogP contribution >= 0.6 is 0 Å². The number of nitrogens with zero attached hydrogens (tertiary/aromatic N) is 2. The summed E-state index contributed by atoms with van der Waals surface area (Å²) in [5, 5.41) is 0. The van der Waals surface area contributed by atoms with E-state index in [0.29, 0.717) is 6.54 Å². The van der Waals surface area contributed by atoms with Crippen molar-refractivity contribution in [1.82, 2.24) is 9.80 Å². The molecule has 1 aromatic rings. The van der Waals surface area contributed by atoms with Crippen LogP contribution in [0.15, 0.2) is 30.3 Å². The minimum absolute atomic E-state index is 0.0676. The molecule has 0 spiro atoms. The van der Waals surface area contributed by atoms with Gasteiger partial charge in [0.25, 0.3) is 5.91 Å². The van der Waals surface area contributed by atoms with Crippen LogP contribution in [-0.4, -0.2) is 41.2 Å². The van der Waals surface area contributed by atoms with E-state index in [4.69, 9.17) is 0 Å². The molecule has 2 saturated heterocycles. The number of rotatable bonds is 1. The quantitative estimate of drug-likeness (QED) is 0.767. The number of amides is 2. The number of hydrogen-bond donors (Lipinski definition) is 0. The summed E-state index contributed by atoms with van der Waals surface area (Å²) in [6.07, 6.45) is 2.83. The van der Waals surface area contributed by atoms with Crippen molar-refractivity contribution in [2.24, 2.45) is 0 Å². The molecular formula is C15H18N2O2. The zero-order valence-corrected chi connectivity index (χ0v) is 11.1. The molecule has 0 aromatic heterocycles. The monoisotopic (exact) mass is 258 g/mol. The van der Waals surface area contributed by atoms with Crippen molar-refractivity contribution >= 4 is 11.8 Å². The Labute approximate surface area is 113 Å². The molecule has 3 rings (SSSR count). The van der Waals surface area contributed by atoms with Crippen molar-refractivity contribution in [1.29, 1.82) is 0 Å². The molecule has 0 bridgehead atoms. The Morgan fingerprint density at radius 2 is 1.79 bits per heavy atom. The van der Waals surface area contributed by atoms with Crippen molar-refractivity contribution in [3.05, 3.63) is 35.9 Å². The zero-order valence-electron chi connectivity index (χ0n) is 11.1. The van der Waals surface area contributed by atoms with Gasteiger partial charge in [0.05, 0.1) is 0 Å². The Kier molecular flexibility index (Phi) is 3.01. The Morgan fingerprint density at radius 1 is 1.05 bits per heavy atom. The lowest BCUT2D eigenvalue weighted by atomic mass is 9.93. The number of piperazine rings is 1. The number of carbonyl (C=O) groups is 2. The standard InChI is InChI=1S/C15H18N2O2/c1-16-13(11-7-3-2-4-8-11)15(19)17-10-6-5-9-12(17)14(16)18/h2-4,7-8,12-13H,5-6,9-10H2,1H3. The number of likely N-dealkylation sites (N-methyl/N-ethyl adjacent to an activating group) is 1. The second-order valence-electron chi connectivity index (χ2n) is 5.31. The molecule has 2 fully saturated rings. The molecule has 0 aliphatic carbocycles. The maximum atomic E-state index is 12.6. The van der Waals surface area contributed by atoms with E-state index < -0.39 is 6.04 Å². The maximum absolute atomic E-state index is 12.6. The fourth-order valence-corrected chi connectivity index (χ4v) is 3.14. The van der Waals surface area contributed by atoms with Gasteiger partial charge in [-0.15, -0.1) is 0 Å². The van der Waals surface area contributed by atoms with Crippen LogP contribution in [0.2, 0.25) is 0 Å². The Bertz CT molecular complexity index is 500. The van der Waals surface area contributed by atoms with E-state index in [-0.39, 0.29) is 17.9 Å². The molecule has 1 aromatic carbocycles. The summed E-state index contributed by atoms with van der Waals surface area (Å²) in [6.45, 7) is 0.715. The van der Waals surface area contributed by atoms with E-state index in [1.165, 1.54) is 0 Å². The van der Waals surface area contributed by atoms with Gasteiger partial charge in [0.15, 0.2) is 0 Å². The smallest absolute Gasteiger partial charge is 0.250 e. The average molecular weight is 258 g/mol. The first-order valence-electron chi connectivity index (χ1n) is 6.82. The second kappa shape index (κ2) is 4.68. The third-order valence-corrected chi connectivity index (χ3v) is 4.16. The average Bonchev–Trinajstić information content (AvgIpc) is 2.46. The summed E-state index contributed by atoms with van der Waals surface area (Å²) in [6, 6.07) is 8.87. The van der Waals surface area contributed by atoms with E-state index in [1.807, 2.05) is 30.3 Å². The fourth-order valence-electron chi connectivity index (χ4n) is 3.14. The lowest BCUT2D eigenvalue weighted by Crippen LogP contribution is -2.61. The predicted octanol–water partition coefficient (Wildman–Crippen LogP) is 1.58. The van der Waals surface area contributed by atoms with E-state index in [9.17, 15) is 9.59 Å². The van der Waals surface area contributed by atoms with Gasteiger partial charge in [0.2, 0.25) is 5.91 Å². The molecule has 4 nitrogen and oxygen atoms in total. The van der Waals surface area contributed by atoms with Crippen LogP contribution in [0, 0.1) is 0 Å². The summed E-state index contributed by atoms with van der Waals surface area (Å²) in [7, 11) is 1.74. The van der Waals surface area contributed by atoms with Crippen LogP contribution in [0.5, 0.6) is 0 Å². The highest BCUT2D eigenvalue weighted by Gasteiger charge is 2.45. The first-order valence-corrected chi connectivity index (χ1v) is 6.82. The number of benzene rings is 1. The van der Waals surface area contributed by atoms with Crippen molar-refractivity contribution in [3.8, 4) is 0 Å². The van der Waals surface area contributed by atoms with Crippen LogP contribution in [0.3, 0.4) is 0 Å². The van der Waals surface area contributed by atoms with Gasteiger partial charge >= 0.3 is 0 Å². The molecule has 0 radical (unpaired) electrons. The normalized spacial score (nSPS) is 27.4. The molecule has 0 saturated carbocycles. The summed E-state index contributed by atoms with van der Waals surface area (Å²) >= 11 is 0. The minimum atomic E-state index is -0.456. The molecule has 2 heterocycles. The van der Waals surface area contributed by atoms with Crippen molar-refractivity contribution in [2.45, 2.75) is 31.3 Å². The predicted molar refractivity (Wildman–Crippen MR) is 71.3 cm³/mol. The highest BCUT2D eigenvalue weighted by Crippen LogP contribution is 2.32. The van der Waals surface area contributed by atoms with E-state index in [1.54, 1.807) is 16.8 Å². The minimum Gasteiger partial charge on any atom is -0.329 e. The van der Waals surface area contributed by atoms with Crippen molar-refractivity contribution < 1.29 is 9.59 Å². The van der Waals surface area contributed by atoms with Crippen molar-refractivity contribution in [3.63, 3.8) is 0 Å². The summed E-state index contributed by atoms with van der Waals surface area (Å²) in [5.41, 5.74) is 0.896. The maximum Gasteiger partial charge on any atom is 0.250 e. The van der Waals surface area contributed by atoms with Gasteiger partial charge in [-0.25, -0.2) is 0 Å². The SMILES string of the molecule is CN1C(=O)C2CCCCN2C(=O)C1c1ccccc1. The van der Waals surface area contributed by atoms with Crippen LogP contribution in [0.1, 0.15) is 30.9 Å². The summed E-state index contributed by atoms with van der Waals surface area (Å²) in [5.74, 6) is 0.145. The Balaban J connectivity index is 1.97.